The van der Waals surface area contributed by atoms with E-state index in [0.717, 1.165) is 55.7 Å². The second-order valence-corrected chi connectivity index (χ2v) is 7.56. The number of hydrogen-bond acceptors (Lipinski definition) is 3. The number of nitrogens with one attached hydrogen (secondary N) is 1. The van der Waals surface area contributed by atoms with E-state index in [4.69, 9.17) is 4.74 Å². The molecule has 1 amide bonds. The smallest absolute Gasteiger partial charge is 0.252 e. The highest BCUT2D eigenvalue weighted by Gasteiger charge is 2.25. The van der Waals surface area contributed by atoms with Crippen LogP contribution in [0.25, 0.3) is 0 Å². The van der Waals surface area contributed by atoms with Crippen LogP contribution >= 0.6 is 22.6 Å². The molecule has 126 valence electrons. The molecule has 2 aliphatic rings. The summed E-state index contributed by atoms with van der Waals surface area (Å²) in [7, 11) is 0. The fourth-order valence-electron chi connectivity index (χ4n) is 3.29. The van der Waals surface area contributed by atoms with Gasteiger partial charge in [-0.15, -0.1) is 0 Å². The van der Waals surface area contributed by atoms with Crippen LogP contribution in [-0.2, 0) is 4.74 Å². The lowest BCUT2D eigenvalue weighted by Gasteiger charge is -2.33. The Kier molecular flexibility index (Phi) is 5.87. The van der Waals surface area contributed by atoms with Gasteiger partial charge >= 0.3 is 0 Å². The normalized spacial score (nSPS) is 23.1. The highest BCUT2D eigenvalue weighted by molar-refractivity contribution is 14.1. The van der Waals surface area contributed by atoms with Gasteiger partial charge in [0.05, 0.1) is 12.2 Å². The molecule has 0 bridgehead atoms. The lowest BCUT2D eigenvalue weighted by molar-refractivity contribution is 0.0902. The minimum absolute atomic E-state index is 0.170. The van der Waals surface area contributed by atoms with Crippen molar-refractivity contribution in [2.45, 2.75) is 25.3 Å². The molecular formula is C17H22FIN2O2. The SMILES string of the molecule is O=C(NC1CCN(CC2CCOC2)CC1)c1cc(F)ccc1I. The van der Waals surface area contributed by atoms with E-state index in [1.165, 1.54) is 12.1 Å². The first-order valence-electron chi connectivity index (χ1n) is 8.18. The van der Waals surface area contributed by atoms with Crippen LogP contribution in [0.2, 0.25) is 0 Å². The first-order valence-corrected chi connectivity index (χ1v) is 9.25. The summed E-state index contributed by atoms with van der Waals surface area (Å²) in [4.78, 5) is 14.8. The fraction of sp³-hybridized carbons (Fsp3) is 0.588. The largest absolute Gasteiger partial charge is 0.381 e. The Labute approximate surface area is 149 Å². The van der Waals surface area contributed by atoms with E-state index in [0.29, 0.717) is 11.5 Å². The second-order valence-electron chi connectivity index (χ2n) is 6.40. The minimum Gasteiger partial charge on any atom is -0.381 e. The molecule has 1 N–H and O–H groups in total. The number of halogens is 2. The molecular weight excluding hydrogens is 410 g/mol. The molecule has 23 heavy (non-hydrogen) atoms. The van der Waals surface area contributed by atoms with Crippen molar-refractivity contribution in [3.8, 4) is 0 Å². The third-order valence-electron chi connectivity index (χ3n) is 4.64. The average molecular weight is 432 g/mol. The zero-order valence-electron chi connectivity index (χ0n) is 13.1. The summed E-state index contributed by atoms with van der Waals surface area (Å²) in [6.07, 6.45) is 3.06. The number of hydrogen-bond donors (Lipinski definition) is 1. The molecule has 1 atom stereocenters. The Morgan fingerprint density at radius 2 is 2.13 bits per heavy atom. The molecule has 2 aliphatic heterocycles. The maximum Gasteiger partial charge on any atom is 0.252 e. The van der Waals surface area contributed by atoms with Gasteiger partial charge in [-0.3, -0.25) is 4.79 Å². The maximum absolute atomic E-state index is 13.3. The van der Waals surface area contributed by atoms with Crippen LogP contribution in [0.4, 0.5) is 4.39 Å². The molecule has 1 aromatic rings. The van der Waals surface area contributed by atoms with Crippen LogP contribution in [0.15, 0.2) is 18.2 Å². The number of carbonyl (C=O) groups excluding carboxylic acids is 1. The molecule has 0 aromatic heterocycles. The summed E-state index contributed by atoms with van der Waals surface area (Å²) in [6, 6.07) is 4.50. The number of ether oxygens (including phenoxy) is 1. The van der Waals surface area contributed by atoms with E-state index in [1.807, 2.05) is 0 Å². The number of nitrogens with zero attached hydrogens (tertiary/aromatic N) is 1. The van der Waals surface area contributed by atoms with Gasteiger partial charge in [0.15, 0.2) is 0 Å². The molecule has 1 unspecified atom stereocenters. The molecule has 6 heteroatoms. The van der Waals surface area contributed by atoms with Crippen LogP contribution in [-0.4, -0.2) is 49.7 Å². The average Bonchev–Trinajstić information content (AvgIpc) is 3.04. The molecule has 2 heterocycles. The molecule has 0 radical (unpaired) electrons. The van der Waals surface area contributed by atoms with Gasteiger partial charge in [0, 0.05) is 35.9 Å². The third-order valence-corrected chi connectivity index (χ3v) is 5.58. The molecule has 2 saturated heterocycles. The summed E-state index contributed by atoms with van der Waals surface area (Å²) in [5.74, 6) is 0.121. The van der Waals surface area contributed by atoms with E-state index >= 15 is 0 Å². The predicted molar refractivity (Wildman–Crippen MR) is 95.0 cm³/mol. The Morgan fingerprint density at radius 1 is 1.35 bits per heavy atom. The van der Waals surface area contributed by atoms with Gasteiger partial charge in [-0.2, -0.15) is 0 Å². The molecule has 2 fully saturated rings. The maximum atomic E-state index is 13.3. The van der Waals surface area contributed by atoms with Gasteiger partial charge in [0.25, 0.3) is 5.91 Å². The van der Waals surface area contributed by atoms with Crippen molar-refractivity contribution >= 4 is 28.5 Å². The summed E-state index contributed by atoms with van der Waals surface area (Å²) in [6.45, 7) is 4.88. The van der Waals surface area contributed by atoms with Gasteiger partial charge in [0.2, 0.25) is 0 Å². The van der Waals surface area contributed by atoms with Crippen LogP contribution in [0.1, 0.15) is 29.6 Å². The molecule has 0 spiro atoms. The quantitative estimate of drug-likeness (QED) is 0.745. The minimum atomic E-state index is -0.371. The molecule has 1 aromatic carbocycles. The van der Waals surface area contributed by atoms with Crippen molar-refractivity contribution in [1.82, 2.24) is 10.2 Å². The highest BCUT2D eigenvalue weighted by Crippen LogP contribution is 2.19. The van der Waals surface area contributed by atoms with Gasteiger partial charge in [-0.05, 0) is 66.0 Å². The summed E-state index contributed by atoms with van der Waals surface area (Å²) in [5.41, 5.74) is 0.427. The van der Waals surface area contributed by atoms with E-state index in [-0.39, 0.29) is 17.8 Å². The topological polar surface area (TPSA) is 41.6 Å². The van der Waals surface area contributed by atoms with Crippen molar-refractivity contribution in [2.75, 3.05) is 32.8 Å². The van der Waals surface area contributed by atoms with E-state index in [1.54, 1.807) is 6.07 Å². The lowest BCUT2D eigenvalue weighted by atomic mass is 10.0. The van der Waals surface area contributed by atoms with E-state index in [9.17, 15) is 9.18 Å². The molecule has 0 saturated carbocycles. The molecule has 4 nitrogen and oxygen atoms in total. The van der Waals surface area contributed by atoms with Gasteiger partial charge in [-0.1, -0.05) is 0 Å². The Hall–Kier alpha value is -0.730. The zero-order valence-corrected chi connectivity index (χ0v) is 15.2. The van der Waals surface area contributed by atoms with Crippen LogP contribution in [0.3, 0.4) is 0 Å². The number of rotatable bonds is 4. The predicted octanol–water partition coefficient (Wildman–Crippen LogP) is 2.66. The van der Waals surface area contributed by atoms with Crippen LogP contribution < -0.4 is 5.32 Å². The number of amides is 1. The van der Waals surface area contributed by atoms with Gasteiger partial charge in [-0.25, -0.2) is 4.39 Å². The van der Waals surface area contributed by atoms with Crippen molar-refractivity contribution in [3.05, 3.63) is 33.1 Å². The fourth-order valence-corrected chi connectivity index (χ4v) is 3.87. The van der Waals surface area contributed by atoms with Gasteiger partial charge in [0.1, 0.15) is 5.82 Å². The number of piperidine rings is 1. The Morgan fingerprint density at radius 3 is 2.83 bits per heavy atom. The van der Waals surface area contributed by atoms with Crippen LogP contribution in [0, 0.1) is 15.3 Å². The highest BCUT2D eigenvalue weighted by atomic mass is 127. The van der Waals surface area contributed by atoms with Crippen molar-refractivity contribution in [3.63, 3.8) is 0 Å². The number of carbonyl (C=O) groups is 1. The van der Waals surface area contributed by atoms with Crippen molar-refractivity contribution in [1.29, 1.82) is 0 Å². The monoisotopic (exact) mass is 432 g/mol. The first-order chi connectivity index (χ1) is 11.1. The van der Waals surface area contributed by atoms with Gasteiger partial charge < -0.3 is 15.0 Å². The summed E-state index contributed by atoms with van der Waals surface area (Å²) in [5, 5.41) is 3.06. The summed E-state index contributed by atoms with van der Waals surface area (Å²) >= 11 is 2.07. The van der Waals surface area contributed by atoms with Crippen molar-refractivity contribution in [2.24, 2.45) is 5.92 Å². The molecule has 3 rings (SSSR count). The summed E-state index contributed by atoms with van der Waals surface area (Å²) < 4.78 is 19.5. The lowest BCUT2D eigenvalue weighted by Crippen LogP contribution is -2.46. The molecule has 0 aliphatic carbocycles. The second kappa shape index (κ2) is 7.90. The zero-order chi connectivity index (χ0) is 16.2. The van der Waals surface area contributed by atoms with Crippen molar-refractivity contribution < 1.29 is 13.9 Å². The van der Waals surface area contributed by atoms with Crippen LogP contribution in [0.5, 0.6) is 0 Å². The van der Waals surface area contributed by atoms with E-state index in [2.05, 4.69) is 32.8 Å². The number of likely N-dealkylation sites (tertiary alicyclic amines) is 1. The Balaban J connectivity index is 1.48. The van der Waals surface area contributed by atoms with E-state index < -0.39 is 0 Å². The number of benzene rings is 1. The third kappa shape index (κ3) is 4.64. The first kappa shape index (κ1) is 17.1. The Bertz CT molecular complexity index is 556. The standard InChI is InChI=1S/C17H22FIN2O2/c18-13-1-2-16(19)15(9-13)17(22)20-14-3-6-21(7-4-14)10-12-5-8-23-11-12/h1-2,9,12,14H,3-8,10-11H2,(H,20,22).